The van der Waals surface area contributed by atoms with Crippen LogP contribution in [0.5, 0.6) is 11.5 Å². The summed E-state index contributed by atoms with van der Waals surface area (Å²) in [4.78, 5) is 38.5. The van der Waals surface area contributed by atoms with Crippen LogP contribution in [0.1, 0.15) is 6.92 Å². The van der Waals surface area contributed by atoms with Crippen LogP contribution in [-0.4, -0.2) is 50.4 Å². The molecule has 132 valence electrons. The number of benzene rings is 1. The Morgan fingerprint density at radius 3 is 2.64 bits per heavy atom. The van der Waals surface area contributed by atoms with E-state index in [-0.39, 0.29) is 18.0 Å². The second-order valence-electron chi connectivity index (χ2n) is 5.35. The Morgan fingerprint density at radius 1 is 1.24 bits per heavy atom. The highest BCUT2D eigenvalue weighted by molar-refractivity contribution is 6.46. The van der Waals surface area contributed by atoms with Crippen LogP contribution >= 0.6 is 0 Å². The summed E-state index contributed by atoms with van der Waals surface area (Å²) in [6.45, 7) is 1.79. The van der Waals surface area contributed by atoms with Crippen LogP contribution in [-0.2, 0) is 19.1 Å². The number of carbonyl (C=O) groups excluding carboxylic acids is 3. The van der Waals surface area contributed by atoms with Gasteiger partial charge in [-0.3, -0.25) is 15.0 Å². The van der Waals surface area contributed by atoms with Gasteiger partial charge in [-0.25, -0.2) is 9.69 Å². The largest absolute Gasteiger partial charge is 0.497 e. The van der Waals surface area contributed by atoms with Gasteiger partial charge in [-0.1, -0.05) is 0 Å². The molecular formula is C16H17N3O6. The maximum atomic E-state index is 12.8. The first kappa shape index (κ1) is 16.7. The van der Waals surface area contributed by atoms with E-state index in [0.29, 0.717) is 11.5 Å². The molecule has 2 aliphatic rings. The monoisotopic (exact) mass is 347 g/mol. The third-order valence-corrected chi connectivity index (χ3v) is 4.04. The SMILES string of the molecule is CCOC(=O)C1=NN[C@@H]2C(=O)N(c3ccc(OC)cc3OC)C(=O)[C@H]12. The number of ether oxygens (including phenoxy) is 3. The highest BCUT2D eigenvalue weighted by Gasteiger charge is 2.56. The number of hydrazone groups is 1. The maximum Gasteiger partial charge on any atom is 0.355 e. The lowest BCUT2D eigenvalue weighted by molar-refractivity contribution is -0.136. The summed E-state index contributed by atoms with van der Waals surface area (Å²) >= 11 is 0. The first-order valence-electron chi connectivity index (χ1n) is 7.63. The maximum absolute atomic E-state index is 12.8. The number of nitrogens with zero attached hydrogens (tertiary/aromatic N) is 2. The van der Waals surface area contributed by atoms with Crippen molar-refractivity contribution in [1.82, 2.24) is 5.43 Å². The van der Waals surface area contributed by atoms with Crippen LogP contribution in [0.3, 0.4) is 0 Å². The van der Waals surface area contributed by atoms with Crippen LogP contribution in [0.2, 0.25) is 0 Å². The summed E-state index contributed by atoms with van der Waals surface area (Å²) < 4.78 is 15.3. The first-order chi connectivity index (χ1) is 12.0. The Balaban J connectivity index is 1.96. The molecule has 0 radical (unpaired) electrons. The fourth-order valence-electron chi connectivity index (χ4n) is 2.87. The van der Waals surface area contributed by atoms with Crippen molar-refractivity contribution in [3.63, 3.8) is 0 Å². The van der Waals surface area contributed by atoms with E-state index in [1.54, 1.807) is 25.1 Å². The van der Waals surface area contributed by atoms with Crippen molar-refractivity contribution in [3.05, 3.63) is 18.2 Å². The van der Waals surface area contributed by atoms with E-state index in [9.17, 15) is 14.4 Å². The number of imide groups is 1. The predicted octanol–water partition coefficient (Wildman–Crippen LogP) is 0.0841. The lowest BCUT2D eigenvalue weighted by atomic mass is 9.99. The molecule has 0 aromatic heterocycles. The Bertz CT molecular complexity index is 775. The van der Waals surface area contributed by atoms with Crippen molar-refractivity contribution in [2.24, 2.45) is 11.0 Å². The average molecular weight is 347 g/mol. The van der Waals surface area contributed by atoms with Gasteiger partial charge in [0.15, 0.2) is 5.71 Å². The molecule has 25 heavy (non-hydrogen) atoms. The lowest BCUT2D eigenvalue weighted by Gasteiger charge is -2.19. The number of amides is 2. The number of hydrogen-bond acceptors (Lipinski definition) is 8. The van der Waals surface area contributed by atoms with E-state index in [0.717, 1.165) is 4.90 Å². The molecule has 0 aliphatic carbocycles. The third-order valence-electron chi connectivity index (χ3n) is 4.04. The molecule has 0 bridgehead atoms. The van der Waals surface area contributed by atoms with Crippen LogP contribution in [0.25, 0.3) is 0 Å². The van der Waals surface area contributed by atoms with Crippen LogP contribution in [0.4, 0.5) is 5.69 Å². The molecule has 0 unspecified atom stereocenters. The van der Waals surface area contributed by atoms with Crippen molar-refractivity contribution in [2.75, 3.05) is 25.7 Å². The van der Waals surface area contributed by atoms with Gasteiger partial charge in [-0.15, -0.1) is 0 Å². The number of fused-ring (bicyclic) bond motifs is 1. The van der Waals surface area contributed by atoms with Crippen molar-refractivity contribution in [3.8, 4) is 11.5 Å². The lowest BCUT2D eigenvalue weighted by Crippen LogP contribution is -2.36. The second-order valence-corrected chi connectivity index (χ2v) is 5.35. The number of anilines is 1. The Morgan fingerprint density at radius 2 is 2.00 bits per heavy atom. The zero-order valence-corrected chi connectivity index (χ0v) is 13.9. The van der Waals surface area contributed by atoms with Gasteiger partial charge in [0.05, 0.1) is 26.5 Å². The van der Waals surface area contributed by atoms with Gasteiger partial charge in [-0.05, 0) is 19.1 Å². The van der Waals surface area contributed by atoms with E-state index in [1.807, 2.05) is 0 Å². The zero-order chi connectivity index (χ0) is 18.1. The Kier molecular flexibility index (Phi) is 4.30. The standard InChI is InChI=1S/C16H17N3O6/c1-4-25-16(22)13-11-12(17-18-13)15(21)19(14(11)20)9-6-5-8(23-2)7-10(9)24-3/h5-7,11-12,17H,4H2,1-3H3/t11-,12-/m0/s1. The molecule has 2 heterocycles. The van der Waals surface area contributed by atoms with Gasteiger partial charge in [-0.2, -0.15) is 5.10 Å². The Labute approximate surface area is 143 Å². The summed E-state index contributed by atoms with van der Waals surface area (Å²) in [7, 11) is 2.92. The van der Waals surface area contributed by atoms with E-state index >= 15 is 0 Å². The molecular weight excluding hydrogens is 330 g/mol. The second kappa shape index (κ2) is 6.42. The fourth-order valence-corrected chi connectivity index (χ4v) is 2.87. The zero-order valence-electron chi connectivity index (χ0n) is 13.9. The average Bonchev–Trinajstić information content (AvgIpc) is 3.15. The van der Waals surface area contributed by atoms with Gasteiger partial charge >= 0.3 is 5.97 Å². The number of esters is 1. The summed E-state index contributed by atoms with van der Waals surface area (Å²) in [5.74, 6) is -1.98. The van der Waals surface area contributed by atoms with Crippen molar-refractivity contribution in [2.45, 2.75) is 13.0 Å². The molecule has 9 heteroatoms. The molecule has 1 fully saturated rings. The molecule has 1 N–H and O–H groups in total. The molecule has 0 saturated carbocycles. The minimum Gasteiger partial charge on any atom is -0.497 e. The van der Waals surface area contributed by atoms with Gasteiger partial charge in [0.25, 0.3) is 5.91 Å². The smallest absolute Gasteiger partial charge is 0.355 e. The van der Waals surface area contributed by atoms with Crippen LogP contribution in [0.15, 0.2) is 23.3 Å². The molecule has 1 aromatic carbocycles. The van der Waals surface area contributed by atoms with Gasteiger partial charge in [0, 0.05) is 6.07 Å². The minimum absolute atomic E-state index is 0.0971. The van der Waals surface area contributed by atoms with Crippen molar-refractivity contribution in [1.29, 1.82) is 0 Å². The highest BCUT2D eigenvalue weighted by atomic mass is 16.5. The van der Waals surface area contributed by atoms with E-state index < -0.39 is 29.7 Å². The molecule has 9 nitrogen and oxygen atoms in total. The number of methoxy groups -OCH3 is 2. The molecule has 2 aliphatic heterocycles. The quantitative estimate of drug-likeness (QED) is 0.594. The van der Waals surface area contributed by atoms with Gasteiger partial charge in [0.2, 0.25) is 5.91 Å². The minimum atomic E-state index is -1.02. The number of hydrogen-bond donors (Lipinski definition) is 1. The number of rotatable bonds is 5. The van der Waals surface area contributed by atoms with Crippen molar-refractivity contribution < 1.29 is 28.6 Å². The third kappa shape index (κ3) is 2.57. The molecule has 2 amide bonds. The van der Waals surface area contributed by atoms with Gasteiger partial charge < -0.3 is 14.2 Å². The summed E-state index contributed by atoms with van der Waals surface area (Å²) in [5, 5.41) is 3.81. The molecule has 3 rings (SSSR count). The van der Waals surface area contributed by atoms with E-state index in [1.165, 1.54) is 14.2 Å². The molecule has 2 atom stereocenters. The predicted molar refractivity (Wildman–Crippen MR) is 86.5 cm³/mol. The Hall–Kier alpha value is -3.10. The topological polar surface area (TPSA) is 107 Å². The van der Waals surface area contributed by atoms with Crippen LogP contribution in [0, 0.1) is 5.92 Å². The first-order valence-corrected chi connectivity index (χ1v) is 7.63. The van der Waals surface area contributed by atoms with E-state index in [4.69, 9.17) is 14.2 Å². The molecule has 0 spiro atoms. The number of nitrogens with one attached hydrogen (secondary N) is 1. The highest BCUT2D eigenvalue weighted by Crippen LogP contribution is 2.38. The summed E-state index contributed by atoms with van der Waals surface area (Å²) in [6.07, 6.45) is 0. The summed E-state index contributed by atoms with van der Waals surface area (Å²) in [5.41, 5.74) is 2.74. The van der Waals surface area contributed by atoms with E-state index in [2.05, 4.69) is 10.5 Å². The van der Waals surface area contributed by atoms with Crippen LogP contribution < -0.4 is 19.8 Å². The molecule has 1 aromatic rings. The fraction of sp³-hybridized carbons (Fsp3) is 0.375. The number of carbonyl (C=O) groups is 3. The molecule has 1 saturated heterocycles. The van der Waals surface area contributed by atoms with Gasteiger partial charge in [0.1, 0.15) is 23.5 Å². The van der Waals surface area contributed by atoms with Crippen molar-refractivity contribution >= 4 is 29.2 Å². The normalized spacial score (nSPS) is 21.6. The summed E-state index contributed by atoms with van der Waals surface area (Å²) in [6, 6.07) is 3.80.